The highest BCUT2D eigenvalue weighted by atomic mass is 15.0. The number of hydrogen-bond acceptors (Lipinski definition) is 0. The van der Waals surface area contributed by atoms with E-state index in [2.05, 4.69) is 243 Å². The van der Waals surface area contributed by atoms with Crippen molar-refractivity contribution in [2.75, 3.05) is 0 Å². The van der Waals surface area contributed by atoms with Crippen LogP contribution in [0.25, 0.3) is 105 Å². The Hall–Kier alpha value is -7.10. The molecule has 11 aromatic rings. The zero-order valence-corrected chi connectivity index (χ0v) is 42.0. The Morgan fingerprint density at radius 1 is 0.377 bits per heavy atom. The Morgan fingerprint density at radius 2 is 1.00 bits per heavy atom. The van der Waals surface area contributed by atoms with Crippen LogP contribution >= 0.6 is 0 Å². The second kappa shape index (κ2) is 14.2. The fourth-order valence-corrected chi connectivity index (χ4v) is 12.3. The summed E-state index contributed by atoms with van der Waals surface area (Å²) in [6.07, 6.45) is 0. The van der Waals surface area contributed by atoms with E-state index >= 15 is 0 Å². The average molecular weight is 891 g/mol. The average Bonchev–Trinajstić information content (AvgIpc) is 3.83. The summed E-state index contributed by atoms with van der Waals surface area (Å²) in [4.78, 5) is 0. The molecule has 2 aliphatic rings. The van der Waals surface area contributed by atoms with Gasteiger partial charge in [-0.05, 0) is 156 Å². The highest BCUT2D eigenvalue weighted by molar-refractivity contribution is 6.90. The molecule has 13 rings (SSSR count). The molecule has 0 amide bonds. The van der Waals surface area contributed by atoms with E-state index in [4.69, 9.17) is 0 Å². The molecule has 0 fully saturated rings. The van der Waals surface area contributed by atoms with Crippen LogP contribution in [-0.4, -0.2) is 15.9 Å². The lowest BCUT2D eigenvalue weighted by Crippen LogP contribution is -2.55. The van der Waals surface area contributed by atoms with Gasteiger partial charge in [0.05, 0.1) is 11.0 Å². The molecule has 0 N–H and O–H groups in total. The van der Waals surface area contributed by atoms with Crippen molar-refractivity contribution in [1.29, 1.82) is 0 Å². The number of aromatic nitrogens is 2. The molecule has 0 atom stereocenters. The molecule has 69 heavy (non-hydrogen) atoms. The van der Waals surface area contributed by atoms with Crippen LogP contribution in [0.5, 0.6) is 0 Å². The lowest BCUT2D eigenvalue weighted by atomic mass is 9.45. The molecule has 336 valence electrons. The van der Waals surface area contributed by atoms with E-state index in [1.165, 1.54) is 143 Å². The molecule has 2 aromatic heterocycles. The minimum Gasteiger partial charge on any atom is -0.375 e. The van der Waals surface area contributed by atoms with E-state index in [0.29, 0.717) is 0 Å². The van der Waals surface area contributed by atoms with Crippen molar-refractivity contribution < 1.29 is 0 Å². The van der Waals surface area contributed by atoms with Gasteiger partial charge >= 0.3 is 6.85 Å². The van der Waals surface area contributed by atoms with Gasteiger partial charge in [0, 0.05) is 43.8 Å². The first-order valence-corrected chi connectivity index (χ1v) is 25.0. The van der Waals surface area contributed by atoms with Gasteiger partial charge in [0.2, 0.25) is 0 Å². The quantitative estimate of drug-likeness (QED) is 0.156. The van der Waals surface area contributed by atoms with Crippen molar-refractivity contribution in [1.82, 2.24) is 9.05 Å². The van der Waals surface area contributed by atoms with E-state index in [-0.39, 0.29) is 23.1 Å². The highest BCUT2D eigenvalue weighted by Crippen LogP contribution is 2.49. The minimum atomic E-state index is -0.0779. The SMILES string of the molecule is Cc1cc(C)cc(-c2cc3c4c(c2)c2c5ccccc5c(-c5ccccc5)cc2n4-c2cc(-c4ccc(C(C)(C)C)cc4)cc4c2B3n2c3ccc(C(C)(C)C)cc3c3cc(C(C)(C)C)cc-4c32)c1. The third kappa shape index (κ3) is 6.18. The maximum Gasteiger partial charge on any atom is 0.333 e. The lowest BCUT2D eigenvalue weighted by molar-refractivity contribution is 0.590. The minimum absolute atomic E-state index is 0.000423. The van der Waals surface area contributed by atoms with Gasteiger partial charge < -0.3 is 9.05 Å². The van der Waals surface area contributed by atoms with Gasteiger partial charge in [-0.3, -0.25) is 0 Å². The van der Waals surface area contributed by atoms with Crippen LogP contribution in [0.15, 0.2) is 158 Å². The van der Waals surface area contributed by atoms with Gasteiger partial charge in [-0.2, -0.15) is 0 Å². The molecule has 3 heteroatoms. The molecule has 0 aliphatic carbocycles. The molecule has 0 spiro atoms. The monoisotopic (exact) mass is 890 g/mol. The van der Waals surface area contributed by atoms with Crippen molar-refractivity contribution in [2.45, 2.75) is 92.4 Å². The molecule has 2 nitrogen and oxygen atoms in total. The Kier molecular flexibility index (Phi) is 8.67. The van der Waals surface area contributed by atoms with Gasteiger partial charge in [0.25, 0.3) is 0 Å². The molecule has 0 bridgehead atoms. The summed E-state index contributed by atoms with van der Waals surface area (Å²) in [7, 11) is 0. The van der Waals surface area contributed by atoms with Crippen LogP contribution in [-0.2, 0) is 16.2 Å². The van der Waals surface area contributed by atoms with Gasteiger partial charge in [-0.1, -0.05) is 183 Å². The fourth-order valence-electron chi connectivity index (χ4n) is 12.3. The second-order valence-electron chi connectivity index (χ2n) is 23.6. The number of hydrogen-bond donors (Lipinski definition) is 0. The zero-order valence-electron chi connectivity index (χ0n) is 42.0. The summed E-state index contributed by atoms with van der Waals surface area (Å²) < 4.78 is 5.45. The summed E-state index contributed by atoms with van der Waals surface area (Å²) in [5, 5.41) is 7.85. The van der Waals surface area contributed by atoms with Gasteiger partial charge in [0.15, 0.2) is 0 Å². The maximum absolute atomic E-state index is 2.76. The molecule has 0 radical (unpaired) electrons. The van der Waals surface area contributed by atoms with E-state index in [1.54, 1.807) is 0 Å². The van der Waals surface area contributed by atoms with Crippen LogP contribution < -0.4 is 10.9 Å². The molecule has 4 heterocycles. The van der Waals surface area contributed by atoms with Crippen LogP contribution in [0, 0.1) is 13.8 Å². The Bertz CT molecular complexity index is 3990. The van der Waals surface area contributed by atoms with Crippen molar-refractivity contribution in [2.24, 2.45) is 0 Å². The predicted molar refractivity (Wildman–Crippen MR) is 299 cm³/mol. The van der Waals surface area contributed by atoms with Crippen molar-refractivity contribution in [3.8, 4) is 50.2 Å². The Labute approximate surface area is 407 Å². The number of rotatable bonds is 3. The number of fused-ring (bicyclic) bond motifs is 12. The van der Waals surface area contributed by atoms with E-state index in [9.17, 15) is 0 Å². The zero-order chi connectivity index (χ0) is 47.6. The molecule has 0 unspecified atom stereocenters. The van der Waals surface area contributed by atoms with Crippen molar-refractivity contribution in [3.63, 3.8) is 0 Å². The van der Waals surface area contributed by atoms with Crippen LogP contribution in [0.4, 0.5) is 0 Å². The summed E-state index contributed by atoms with van der Waals surface area (Å²) in [6, 6.07) is 61.7. The summed E-state index contributed by atoms with van der Waals surface area (Å²) in [5.41, 5.74) is 25.9. The third-order valence-corrected chi connectivity index (χ3v) is 15.8. The second-order valence-corrected chi connectivity index (χ2v) is 23.6. The van der Waals surface area contributed by atoms with Crippen LogP contribution in [0.2, 0.25) is 0 Å². The first kappa shape index (κ1) is 42.0. The number of benzene rings is 9. The number of aryl methyl sites for hydroxylation is 2. The first-order valence-electron chi connectivity index (χ1n) is 25.0. The van der Waals surface area contributed by atoms with Crippen LogP contribution in [0.3, 0.4) is 0 Å². The van der Waals surface area contributed by atoms with E-state index in [1.807, 2.05) is 0 Å². The molecule has 0 saturated heterocycles. The number of nitrogens with zero attached hydrogens (tertiary/aromatic N) is 2. The van der Waals surface area contributed by atoms with E-state index < -0.39 is 0 Å². The molecule has 9 aromatic carbocycles. The summed E-state index contributed by atoms with van der Waals surface area (Å²) in [6.45, 7) is 25.5. The Morgan fingerprint density at radius 3 is 1.70 bits per heavy atom. The fraction of sp³-hybridized carbons (Fsp3) is 0.212. The smallest absolute Gasteiger partial charge is 0.333 e. The van der Waals surface area contributed by atoms with Gasteiger partial charge in [-0.15, -0.1) is 0 Å². The third-order valence-electron chi connectivity index (χ3n) is 15.8. The van der Waals surface area contributed by atoms with Crippen molar-refractivity contribution >= 4 is 72.2 Å². The lowest BCUT2D eigenvalue weighted by Gasteiger charge is -2.35. The molecule has 2 aliphatic heterocycles. The normalized spacial score (nSPS) is 13.4. The van der Waals surface area contributed by atoms with Crippen molar-refractivity contribution in [3.05, 3.63) is 186 Å². The van der Waals surface area contributed by atoms with Crippen LogP contribution in [0.1, 0.15) is 90.1 Å². The van der Waals surface area contributed by atoms with E-state index in [0.717, 1.165) is 0 Å². The molecular formula is C66H59BN2. The van der Waals surface area contributed by atoms with Gasteiger partial charge in [0.1, 0.15) is 0 Å². The first-order chi connectivity index (χ1) is 32.9. The molecular weight excluding hydrogens is 832 g/mol. The standard InChI is InChI=1S/C66H59BN2/c1-38-27-39(2)29-42(28-38)43-31-55-60-49-20-16-15-19-48(49)50(41-17-13-12-14-18-41)37-58(60)68-59-33-44(40-21-23-45(24-22-40)64(3,4)5)30-52-54-36-47(66(9,10)11)35-53-51-34-46(65(6,7)8)25-26-57(51)69(62(53)54)67(61(52)59)56(32-43)63(55)68/h12-37H,1-11H3. The maximum atomic E-state index is 2.76. The summed E-state index contributed by atoms with van der Waals surface area (Å²) in [5.74, 6) is 0. The highest BCUT2D eigenvalue weighted by Gasteiger charge is 2.43. The largest absolute Gasteiger partial charge is 0.375 e. The topological polar surface area (TPSA) is 9.86 Å². The van der Waals surface area contributed by atoms with Gasteiger partial charge in [-0.25, -0.2) is 0 Å². The predicted octanol–water partition coefficient (Wildman–Crippen LogP) is 16.5. The Balaban J connectivity index is 1.26. The molecule has 0 saturated carbocycles. The summed E-state index contributed by atoms with van der Waals surface area (Å²) >= 11 is 0.